The monoisotopic (exact) mass is 340 g/mol. The summed E-state index contributed by atoms with van der Waals surface area (Å²) in [6.45, 7) is 7.47. The summed E-state index contributed by atoms with van der Waals surface area (Å²) in [6, 6.07) is 0. The maximum absolute atomic E-state index is 12.4. The topological polar surface area (TPSA) is 60.2 Å². The molecule has 2 rings (SSSR count). The van der Waals surface area contributed by atoms with E-state index >= 15 is 0 Å². The fourth-order valence-corrected chi connectivity index (χ4v) is 3.76. The number of hydrogen-bond donors (Lipinski definition) is 0. The summed E-state index contributed by atoms with van der Waals surface area (Å²) in [7, 11) is 1.69. The molecule has 6 nitrogen and oxygen atoms in total. The first-order chi connectivity index (χ1) is 11.2. The molecule has 0 unspecified atom stereocenters. The largest absolute Gasteiger partial charge is 0.383 e. The van der Waals surface area contributed by atoms with Gasteiger partial charge < -0.3 is 14.2 Å². The van der Waals surface area contributed by atoms with Gasteiger partial charge >= 0.3 is 0 Å². The van der Waals surface area contributed by atoms with Crippen LogP contribution in [0.3, 0.4) is 0 Å². The molecule has 0 N–H and O–H groups in total. The van der Waals surface area contributed by atoms with Crippen molar-refractivity contribution in [2.75, 3.05) is 32.6 Å². The van der Waals surface area contributed by atoms with E-state index in [1.807, 2.05) is 4.90 Å². The molecule has 23 heavy (non-hydrogen) atoms. The smallest absolute Gasteiger partial charge is 0.233 e. The van der Waals surface area contributed by atoms with Crippen molar-refractivity contribution >= 4 is 17.7 Å². The molecule has 0 bridgehead atoms. The molecule has 1 fully saturated rings. The Morgan fingerprint density at radius 2 is 2.26 bits per heavy atom. The number of carbonyl (C=O) groups excluding carboxylic acids is 1. The minimum absolute atomic E-state index is 0.208. The van der Waals surface area contributed by atoms with Crippen molar-refractivity contribution in [3.63, 3.8) is 0 Å². The van der Waals surface area contributed by atoms with Crippen molar-refractivity contribution < 1.29 is 9.53 Å². The third-order valence-electron chi connectivity index (χ3n) is 4.12. The molecular formula is C16H28N4O2S. The molecule has 1 aliphatic rings. The van der Waals surface area contributed by atoms with Crippen LogP contribution in [0.1, 0.15) is 38.9 Å². The fraction of sp³-hybridized carbons (Fsp3) is 0.812. The van der Waals surface area contributed by atoms with Crippen LogP contribution in [0, 0.1) is 5.92 Å². The van der Waals surface area contributed by atoms with Crippen molar-refractivity contribution in [2.24, 2.45) is 5.92 Å². The molecular weight excluding hydrogens is 312 g/mol. The molecule has 0 radical (unpaired) electrons. The molecule has 1 atom stereocenters. The van der Waals surface area contributed by atoms with Crippen LogP contribution in [0.2, 0.25) is 0 Å². The third-order valence-corrected chi connectivity index (χ3v) is 5.07. The molecule has 1 saturated heterocycles. The zero-order valence-corrected chi connectivity index (χ0v) is 15.3. The van der Waals surface area contributed by atoms with E-state index in [4.69, 9.17) is 4.74 Å². The second kappa shape index (κ2) is 9.27. The molecule has 1 aromatic rings. The number of aryl methyl sites for hydroxylation is 1. The van der Waals surface area contributed by atoms with Gasteiger partial charge in [0.1, 0.15) is 5.82 Å². The molecule has 1 aliphatic heterocycles. The van der Waals surface area contributed by atoms with Gasteiger partial charge in [-0.3, -0.25) is 4.79 Å². The van der Waals surface area contributed by atoms with Crippen molar-refractivity contribution in [1.29, 1.82) is 0 Å². The van der Waals surface area contributed by atoms with E-state index in [0.717, 1.165) is 49.9 Å². The summed E-state index contributed by atoms with van der Waals surface area (Å²) < 4.78 is 7.26. The number of rotatable bonds is 8. The molecule has 1 amide bonds. The van der Waals surface area contributed by atoms with Gasteiger partial charge in [0.05, 0.1) is 12.4 Å². The zero-order valence-electron chi connectivity index (χ0n) is 14.5. The SMILES string of the molecule is CCCc1nnc(SCC(=O)N2CCC[C@@H](C)C2)n1CCOC. The summed E-state index contributed by atoms with van der Waals surface area (Å²) in [6.07, 6.45) is 4.26. The predicted molar refractivity (Wildman–Crippen MR) is 91.6 cm³/mol. The molecule has 7 heteroatoms. The van der Waals surface area contributed by atoms with Crippen molar-refractivity contribution in [2.45, 2.75) is 51.2 Å². The predicted octanol–water partition coefficient (Wildman–Crippen LogP) is 2.23. The lowest BCUT2D eigenvalue weighted by Crippen LogP contribution is -2.40. The Morgan fingerprint density at radius 3 is 2.96 bits per heavy atom. The number of ether oxygens (including phenoxy) is 1. The first-order valence-electron chi connectivity index (χ1n) is 8.47. The standard InChI is InChI=1S/C16H28N4O2S/c1-4-6-14-17-18-16(20(14)9-10-22-3)23-12-15(21)19-8-5-7-13(2)11-19/h13H,4-12H2,1-3H3/t13-/m1/s1. The Bertz CT molecular complexity index is 506. The number of nitrogens with zero attached hydrogens (tertiary/aromatic N) is 4. The van der Waals surface area contributed by atoms with Crippen LogP contribution in [0.5, 0.6) is 0 Å². The highest BCUT2D eigenvalue weighted by Gasteiger charge is 2.22. The highest BCUT2D eigenvalue weighted by Crippen LogP contribution is 2.21. The Morgan fingerprint density at radius 1 is 1.43 bits per heavy atom. The van der Waals surface area contributed by atoms with Crippen LogP contribution in [0.4, 0.5) is 0 Å². The normalized spacial score (nSPS) is 18.4. The van der Waals surface area contributed by atoms with Gasteiger partial charge in [-0.2, -0.15) is 0 Å². The van der Waals surface area contributed by atoms with Crippen LogP contribution in [-0.2, 0) is 22.5 Å². The van der Waals surface area contributed by atoms with Gasteiger partial charge in [0, 0.05) is 33.2 Å². The van der Waals surface area contributed by atoms with Gasteiger partial charge in [-0.25, -0.2) is 0 Å². The lowest BCUT2D eigenvalue weighted by molar-refractivity contribution is -0.130. The van der Waals surface area contributed by atoms with Crippen LogP contribution in [-0.4, -0.2) is 58.1 Å². The summed E-state index contributed by atoms with van der Waals surface area (Å²) in [5.41, 5.74) is 0. The van der Waals surface area contributed by atoms with Crippen LogP contribution in [0.25, 0.3) is 0 Å². The van der Waals surface area contributed by atoms with Gasteiger partial charge in [-0.1, -0.05) is 25.6 Å². The Hall–Kier alpha value is -1.08. The number of amides is 1. The van der Waals surface area contributed by atoms with Gasteiger partial charge in [-0.05, 0) is 25.2 Å². The van der Waals surface area contributed by atoms with Gasteiger partial charge in [0.2, 0.25) is 5.91 Å². The maximum atomic E-state index is 12.4. The number of piperidine rings is 1. The molecule has 0 spiro atoms. The van der Waals surface area contributed by atoms with E-state index in [1.165, 1.54) is 18.2 Å². The number of carbonyl (C=O) groups is 1. The summed E-state index contributed by atoms with van der Waals surface area (Å²) >= 11 is 1.49. The number of thioether (sulfide) groups is 1. The lowest BCUT2D eigenvalue weighted by atomic mass is 10.0. The zero-order chi connectivity index (χ0) is 16.7. The minimum Gasteiger partial charge on any atom is -0.383 e. The van der Waals surface area contributed by atoms with Crippen molar-refractivity contribution in [1.82, 2.24) is 19.7 Å². The highest BCUT2D eigenvalue weighted by atomic mass is 32.2. The van der Waals surface area contributed by atoms with E-state index in [0.29, 0.717) is 18.3 Å². The third kappa shape index (κ3) is 5.21. The Labute approximate surface area is 143 Å². The van der Waals surface area contributed by atoms with Crippen molar-refractivity contribution in [3.8, 4) is 0 Å². The van der Waals surface area contributed by atoms with E-state index in [1.54, 1.807) is 7.11 Å². The second-order valence-electron chi connectivity index (χ2n) is 6.17. The number of likely N-dealkylation sites (tertiary alicyclic amines) is 1. The highest BCUT2D eigenvalue weighted by molar-refractivity contribution is 7.99. The van der Waals surface area contributed by atoms with Gasteiger partial charge in [-0.15, -0.1) is 10.2 Å². The van der Waals surface area contributed by atoms with E-state index < -0.39 is 0 Å². The first-order valence-corrected chi connectivity index (χ1v) is 9.45. The van der Waals surface area contributed by atoms with E-state index in [9.17, 15) is 4.79 Å². The Kier molecular flexibility index (Phi) is 7.36. The summed E-state index contributed by atoms with van der Waals surface area (Å²) in [4.78, 5) is 14.4. The Balaban J connectivity index is 1.94. The fourth-order valence-electron chi connectivity index (χ4n) is 2.87. The minimum atomic E-state index is 0.208. The molecule has 0 aromatic carbocycles. The average Bonchev–Trinajstić information content (AvgIpc) is 2.93. The number of hydrogen-bond acceptors (Lipinski definition) is 5. The molecule has 0 saturated carbocycles. The van der Waals surface area contributed by atoms with Crippen molar-refractivity contribution in [3.05, 3.63) is 5.82 Å². The number of methoxy groups -OCH3 is 1. The summed E-state index contributed by atoms with van der Waals surface area (Å²) in [5.74, 6) is 2.23. The second-order valence-corrected chi connectivity index (χ2v) is 7.11. The van der Waals surface area contributed by atoms with Gasteiger partial charge in [0.25, 0.3) is 0 Å². The molecule has 1 aromatic heterocycles. The first kappa shape index (κ1) is 18.3. The average molecular weight is 340 g/mol. The molecule has 0 aliphatic carbocycles. The quantitative estimate of drug-likeness (QED) is 0.679. The lowest BCUT2D eigenvalue weighted by Gasteiger charge is -2.30. The van der Waals surface area contributed by atoms with E-state index in [-0.39, 0.29) is 5.91 Å². The van der Waals surface area contributed by atoms with E-state index in [2.05, 4.69) is 28.6 Å². The van der Waals surface area contributed by atoms with Crippen LogP contribution >= 0.6 is 11.8 Å². The molecule has 2 heterocycles. The number of aromatic nitrogens is 3. The van der Waals surface area contributed by atoms with Crippen LogP contribution < -0.4 is 0 Å². The summed E-state index contributed by atoms with van der Waals surface area (Å²) in [5, 5.41) is 9.37. The maximum Gasteiger partial charge on any atom is 0.233 e. The van der Waals surface area contributed by atoms with Gasteiger partial charge in [0.15, 0.2) is 5.16 Å². The van der Waals surface area contributed by atoms with Crippen LogP contribution in [0.15, 0.2) is 5.16 Å². The molecule has 130 valence electrons.